The molecule has 1 fully saturated rings. The number of carbonyl (C=O) groups is 2. The molecule has 0 bridgehead atoms. The molecule has 0 unspecified atom stereocenters. The zero-order chi connectivity index (χ0) is 27.5. The van der Waals surface area contributed by atoms with Gasteiger partial charge < -0.3 is 20.0 Å². The van der Waals surface area contributed by atoms with Crippen LogP contribution >= 0.6 is 0 Å². The molecule has 39 heavy (non-hydrogen) atoms. The molecule has 1 aliphatic carbocycles. The van der Waals surface area contributed by atoms with Crippen molar-refractivity contribution in [2.45, 2.75) is 51.1 Å². The SMILES string of the molecule is Cc1ccccc1C(=O)N[C@@H]1CCCc2ccc(C(=O)N(C)C3CCN(c4ccnc(N(C)C)n4)CC3)cc21. The third kappa shape index (κ3) is 5.75. The molecule has 8 heteroatoms. The van der Waals surface area contributed by atoms with E-state index in [0.717, 1.165) is 62.1 Å². The highest BCUT2D eigenvalue weighted by molar-refractivity contribution is 5.96. The Labute approximate surface area is 231 Å². The van der Waals surface area contributed by atoms with E-state index in [1.54, 1.807) is 6.20 Å². The molecule has 0 saturated carbocycles. The number of hydrogen-bond acceptors (Lipinski definition) is 6. The van der Waals surface area contributed by atoms with E-state index >= 15 is 0 Å². The van der Waals surface area contributed by atoms with Crippen LogP contribution in [0, 0.1) is 6.92 Å². The van der Waals surface area contributed by atoms with Crippen LogP contribution in [0.4, 0.5) is 11.8 Å². The molecule has 1 atom stereocenters. The second kappa shape index (κ2) is 11.4. The van der Waals surface area contributed by atoms with Crippen LogP contribution in [0.1, 0.15) is 69.1 Å². The molecular formula is C31H38N6O2. The monoisotopic (exact) mass is 526 g/mol. The van der Waals surface area contributed by atoms with Crippen LogP contribution in [0.3, 0.4) is 0 Å². The molecule has 2 heterocycles. The number of anilines is 2. The van der Waals surface area contributed by atoms with E-state index < -0.39 is 0 Å². The first-order valence-electron chi connectivity index (χ1n) is 13.8. The third-order valence-corrected chi connectivity index (χ3v) is 8.09. The van der Waals surface area contributed by atoms with Crippen molar-refractivity contribution in [3.05, 3.63) is 82.5 Å². The quantitative estimate of drug-likeness (QED) is 0.513. The lowest BCUT2D eigenvalue weighted by molar-refractivity contribution is 0.0709. The number of nitrogens with one attached hydrogen (secondary N) is 1. The van der Waals surface area contributed by atoms with Crippen molar-refractivity contribution in [2.75, 3.05) is 44.0 Å². The van der Waals surface area contributed by atoms with Gasteiger partial charge in [-0.1, -0.05) is 24.3 Å². The van der Waals surface area contributed by atoms with Gasteiger partial charge in [-0.3, -0.25) is 9.59 Å². The summed E-state index contributed by atoms with van der Waals surface area (Å²) in [5.74, 6) is 1.59. The van der Waals surface area contributed by atoms with Crippen LogP contribution in [0.2, 0.25) is 0 Å². The maximum absolute atomic E-state index is 13.6. The Morgan fingerprint density at radius 2 is 1.77 bits per heavy atom. The summed E-state index contributed by atoms with van der Waals surface area (Å²) < 4.78 is 0. The summed E-state index contributed by atoms with van der Waals surface area (Å²) in [4.78, 5) is 41.7. The highest BCUT2D eigenvalue weighted by atomic mass is 16.2. The van der Waals surface area contributed by atoms with E-state index in [-0.39, 0.29) is 23.9 Å². The van der Waals surface area contributed by atoms with E-state index in [0.29, 0.717) is 17.1 Å². The van der Waals surface area contributed by atoms with Crippen LogP contribution < -0.4 is 15.1 Å². The zero-order valence-electron chi connectivity index (χ0n) is 23.4. The number of rotatable bonds is 6. The number of nitrogens with zero attached hydrogens (tertiary/aromatic N) is 5. The maximum atomic E-state index is 13.6. The predicted molar refractivity (Wildman–Crippen MR) is 154 cm³/mol. The Hall–Kier alpha value is -3.94. The van der Waals surface area contributed by atoms with Crippen LogP contribution in [0.25, 0.3) is 0 Å². The van der Waals surface area contributed by atoms with Crippen LogP contribution in [0.5, 0.6) is 0 Å². The topological polar surface area (TPSA) is 81.7 Å². The maximum Gasteiger partial charge on any atom is 0.253 e. The Morgan fingerprint density at radius 1 is 1.00 bits per heavy atom. The highest BCUT2D eigenvalue weighted by Gasteiger charge is 2.29. The lowest BCUT2D eigenvalue weighted by atomic mass is 9.86. The minimum Gasteiger partial charge on any atom is -0.356 e. The molecule has 5 rings (SSSR count). The minimum absolute atomic E-state index is 0.0303. The second-order valence-electron chi connectivity index (χ2n) is 10.9. The predicted octanol–water partition coefficient (Wildman–Crippen LogP) is 4.40. The lowest BCUT2D eigenvalue weighted by Gasteiger charge is -2.37. The minimum atomic E-state index is -0.0953. The van der Waals surface area contributed by atoms with E-state index in [4.69, 9.17) is 0 Å². The van der Waals surface area contributed by atoms with Gasteiger partial charge in [0.15, 0.2) is 0 Å². The van der Waals surface area contributed by atoms with Gasteiger partial charge in [0.25, 0.3) is 11.8 Å². The number of benzene rings is 2. The number of amides is 2. The van der Waals surface area contributed by atoms with Gasteiger partial charge in [0, 0.05) is 57.6 Å². The summed E-state index contributed by atoms with van der Waals surface area (Å²) in [6.45, 7) is 3.63. The fourth-order valence-corrected chi connectivity index (χ4v) is 5.73. The number of carbonyl (C=O) groups excluding carboxylic acids is 2. The largest absolute Gasteiger partial charge is 0.356 e. The van der Waals surface area contributed by atoms with Crippen molar-refractivity contribution in [2.24, 2.45) is 0 Å². The standard InChI is InChI=1S/C31H38N6O2/c1-21-8-5-6-10-25(21)29(38)33-27-11-7-9-22-12-13-23(20-26(22)27)30(39)36(4)24-15-18-37(19-16-24)28-14-17-32-31(34-28)35(2)3/h5-6,8,10,12-14,17,20,24,27H,7,9,11,15-16,18-19H2,1-4H3,(H,33,38)/t27-/m1/s1. The summed E-state index contributed by atoms with van der Waals surface area (Å²) in [6.07, 6.45) is 6.40. The first-order valence-corrected chi connectivity index (χ1v) is 13.8. The first kappa shape index (κ1) is 26.7. The van der Waals surface area contributed by atoms with Crippen molar-refractivity contribution in [3.8, 4) is 0 Å². The Morgan fingerprint density at radius 3 is 2.51 bits per heavy atom. The van der Waals surface area contributed by atoms with E-state index in [2.05, 4.69) is 26.3 Å². The van der Waals surface area contributed by atoms with E-state index in [9.17, 15) is 9.59 Å². The third-order valence-electron chi connectivity index (χ3n) is 8.09. The van der Waals surface area contributed by atoms with Gasteiger partial charge in [-0.15, -0.1) is 0 Å². The zero-order valence-corrected chi connectivity index (χ0v) is 23.4. The molecule has 1 N–H and O–H groups in total. The van der Waals surface area contributed by atoms with Crippen molar-refractivity contribution in [1.82, 2.24) is 20.2 Å². The van der Waals surface area contributed by atoms with Gasteiger partial charge in [0.2, 0.25) is 5.95 Å². The van der Waals surface area contributed by atoms with Crippen LogP contribution in [0.15, 0.2) is 54.7 Å². The summed E-state index contributed by atoms with van der Waals surface area (Å²) in [5.41, 5.74) is 4.62. The van der Waals surface area contributed by atoms with E-state index in [1.165, 1.54) is 5.56 Å². The summed E-state index contributed by atoms with van der Waals surface area (Å²) in [6, 6.07) is 15.7. The molecule has 8 nitrogen and oxygen atoms in total. The number of piperidine rings is 1. The molecule has 1 aromatic heterocycles. The number of aromatic nitrogens is 2. The van der Waals surface area contributed by atoms with Gasteiger partial charge in [0.05, 0.1) is 6.04 Å². The summed E-state index contributed by atoms with van der Waals surface area (Å²) >= 11 is 0. The number of fused-ring (bicyclic) bond motifs is 1. The molecule has 3 aromatic rings. The van der Waals surface area contributed by atoms with Gasteiger partial charge in [-0.25, -0.2) is 4.98 Å². The van der Waals surface area contributed by atoms with Crippen LogP contribution in [-0.4, -0.2) is 67.0 Å². The molecule has 2 aromatic carbocycles. The molecule has 1 aliphatic heterocycles. The molecule has 2 aliphatic rings. The summed E-state index contributed by atoms with van der Waals surface area (Å²) in [7, 11) is 5.79. The second-order valence-corrected chi connectivity index (χ2v) is 10.9. The molecule has 1 saturated heterocycles. The Bertz CT molecular complexity index is 1350. The van der Waals surface area contributed by atoms with Crippen molar-refractivity contribution in [1.29, 1.82) is 0 Å². The molecule has 0 spiro atoms. The lowest BCUT2D eigenvalue weighted by Crippen LogP contribution is -2.46. The van der Waals surface area contributed by atoms with Gasteiger partial charge in [0.1, 0.15) is 5.82 Å². The van der Waals surface area contributed by atoms with Crippen LogP contribution in [-0.2, 0) is 6.42 Å². The van der Waals surface area contributed by atoms with Crippen molar-refractivity contribution < 1.29 is 9.59 Å². The molecular weight excluding hydrogens is 488 g/mol. The Kier molecular flexibility index (Phi) is 7.82. The fourth-order valence-electron chi connectivity index (χ4n) is 5.73. The average Bonchev–Trinajstić information content (AvgIpc) is 2.96. The van der Waals surface area contributed by atoms with Crippen molar-refractivity contribution >= 4 is 23.6 Å². The Balaban J connectivity index is 1.26. The highest BCUT2D eigenvalue weighted by Crippen LogP contribution is 2.32. The molecule has 0 radical (unpaired) electrons. The number of hydrogen-bond donors (Lipinski definition) is 1. The molecule has 2 amide bonds. The van der Waals surface area contributed by atoms with Gasteiger partial charge in [-0.05, 0) is 80.0 Å². The fraction of sp³-hybridized carbons (Fsp3) is 0.419. The van der Waals surface area contributed by atoms with Crippen molar-refractivity contribution in [3.63, 3.8) is 0 Å². The smallest absolute Gasteiger partial charge is 0.253 e. The normalized spacial score (nSPS) is 17.3. The summed E-state index contributed by atoms with van der Waals surface area (Å²) in [5, 5.41) is 3.24. The van der Waals surface area contributed by atoms with E-state index in [1.807, 2.05) is 80.3 Å². The van der Waals surface area contributed by atoms with Gasteiger partial charge >= 0.3 is 0 Å². The number of aryl methyl sites for hydroxylation is 2. The average molecular weight is 527 g/mol. The van der Waals surface area contributed by atoms with Gasteiger partial charge in [-0.2, -0.15) is 4.98 Å². The first-order chi connectivity index (χ1) is 18.8. The molecule has 204 valence electrons.